The highest BCUT2D eigenvalue weighted by Gasteiger charge is 2.27. The van der Waals surface area contributed by atoms with Gasteiger partial charge in [-0.25, -0.2) is 0 Å². The summed E-state index contributed by atoms with van der Waals surface area (Å²) in [6, 6.07) is 10.8. The summed E-state index contributed by atoms with van der Waals surface area (Å²) in [5.41, 5.74) is 1.40. The van der Waals surface area contributed by atoms with Gasteiger partial charge in [-0.15, -0.1) is 0 Å². The van der Waals surface area contributed by atoms with Crippen LogP contribution in [-0.4, -0.2) is 25.4 Å². The molecule has 2 aliphatic rings. The van der Waals surface area contributed by atoms with Crippen molar-refractivity contribution in [2.45, 2.75) is 75.9 Å². The molecule has 25 heavy (non-hydrogen) atoms. The molecule has 2 fully saturated rings. The summed E-state index contributed by atoms with van der Waals surface area (Å²) >= 11 is 0. The first-order valence-corrected chi connectivity index (χ1v) is 9.96. The minimum atomic E-state index is 0.148. The van der Waals surface area contributed by atoms with Crippen LogP contribution in [0.15, 0.2) is 30.3 Å². The summed E-state index contributed by atoms with van der Waals surface area (Å²) in [7, 11) is 0. The van der Waals surface area contributed by atoms with Crippen LogP contribution >= 0.6 is 0 Å². The van der Waals surface area contributed by atoms with Gasteiger partial charge in [-0.05, 0) is 43.6 Å². The number of rotatable bonds is 6. The molecule has 2 radical (unpaired) electrons. The Bertz CT molecular complexity index is 445. The largest absolute Gasteiger partial charge is 0.379 e. The molecule has 0 N–H and O–H groups in total. The van der Waals surface area contributed by atoms with Crippen LogP contribution in [0.3, 0.4) is 0 Å². The highest BCUT2D eigenvalue weighted by Crippen LogP contribution is 2.32. The monoisotopic (exact) mass is 344 g/mol. The van der Waals surface area contributed by atoms with Crippen LogP contribution in [0.4, 0.5) is 0 Å². The quantitative estimate of drug-likeness (QED) is 0.690. The molecule has 0 saturated carbocycles. The molecular formula is C22H32O3. The Kier molecular flexibility index (Phi) is 7.78. The summed E-state index contributed by atoms with van der Waals surface area (Å²) in [5, 5.41) is 0. The number of hydrogen-bond acceptors (Lipinski definition) is 3. The average molecular weight is 344 g/mol. The Morgan fingerprint density at radius 2 is 1.72 bits per heavy atom. The predicted octanol–water partition coefficient (Wildman–Crippen LogP) is 5.42. The molecule has 2 saturated heterocycles. The highest BCUT2D eigenvalue weighted by molar-refractivity contribution is 5.19. The number of benzene rings is 1. The Morgan fingerprint density at radius 3 is 2.52 bits per heavy atom. The fourth-order valence-electron chi connectivity index (χ4n) is 3.87. The zero-order valence-corrected chi connectivity index (χ0v) is 15.3. The minimum Gasteiger partial charge on any atom is -0.379 e. The van der Waals surface area contributed by atoms with Crippen LogP contribution in [0.1, 0.15) is 69.3 Å². The van der Waals surface area contributed by atoms with E-state index >= 15 is 0 Å². The fraction of sp³-hybridized carbons (Fsp3) is 0.636. The molecule has 0 aliphatic carbocycles. The van der Waals surface area contributed by atoms with Crippen LogP contribution in [0.25, 0.3) is 0 Å². The second kappa shape index (κ2) is 10.3. The smallest absolute Gasteiger partial charge is 0.224 e. The van der Waals surface area contributed by atoms with Crippen LogP contribution in [-0.2, 0) is 14.2 Å². The Labute approximate surface area is 153 Å². The van der Waals surface area contributed by atoms with Crippen LogP contribution < -0.4 is 0 Å². The van der Waals surface area contributed by atoms with Gasteiger partial charge < -0.3 is 14.2 Å². The molecule has 1 aromatic rings. The molecule has 3 nitrogen and oxygen atoms in total. The summed E-state index contributed by atoms with van der Waals surface area (Å²) < 4.78 is 18.3. The van der Waals surface area contributed by atoms with E-state index in [1.165, 1.54) is 18.4 Å². The second-order valence-electron chi connectivity index (χ2n) is 7.29. The maximum atomic E-state index is 6.29. The Hall–Kier alpha value is -0.900. The average Bonchev–Trinajstić information content (AvgIpc) is 2.81. The molecule has 0 aromatic heterocycles. The van der Waals surface area contributed by atoms with E-state index in [9.17, 15) is 0 Å². The minimum absolute atomic E-state index is 0.148. The molecule has 2 aliphatic heterocycles. The van der Waals surface area contributed by atoms with Crippen molar-refractivity contribution >= 4 is 0 Å². The van der Waals surface area contributed by atoms with Crippen molar-refractivity contribution in [1.82, 2.24) is 0 Å². The first-order valence-electron chi connectivity index (χ1n) is 9.96. The van der Waals surface area contributed by atoms with E-state index in [-0.39, 0.29) is 12.2 Å². The summed E-state index contributed by atoms with van der Waals surface area (Å²) in [6.07, 6.45) is 10.8. The summed E-state index contributed by atoms with van der Waals surface area (Å²) in [6.45, 7) is 5.54. The number of fused-ring (bicyclic) bond motifs is 4. The zero-order chi connectivity index (χ0) is 17.3. The zero-order valence-electron chi connectivity index (χ0n) is 15.3. The van der Waals surface area contributed by atoms with Crippen molar-refractivity contribution in [3.8, 4) is 0 Å². The first kappa shape index (κ1) is 18.9. The van der Waals surface area contributed by atoms with Gasteiger partial charge in [0.15, 0.2) is 0 Å². The van der Waals surface area contributed by atoms with E-state index in [1.807, 2.05) is 0 Å². The highest BCUT2D eigenvalue weighted by atomic mass is 16.7. The Morgan fingerprint density at radius 1 is 0.960 bits per heavy atom. The fourth-order valence-corrected chi connectivity index (χ4v) is 3.87. The molecule has 2 bridgehead atoms. The van der Waals surface area contributed by atoms with Gasteiger partial charge in [-0.1, -0.05) is 56.5 Å². The number of hydrogen-bond donors (Lipinski definition) is 0. The number of ether oxygens (including phenoxy) is 3. The van der Waals surface area contributed by atoms with Crippen molar-refractivity contribution in [2.24, 2.45) is 0 Å². The Balaban J connectivity index is 1.62. The van der Waals surface area contributed by atoms with Gasteiger partial charge in [0, 0.05) is 13.0 Å². The SMILES string of the molecule is [CH2]CCC(CC[C]1OC2CCCCC(COCC2)O1)c1ccccc1. The van der Waals surface area contributed by atoms with E-state index in [2.05, 4.69) is 37.3 Å². The third-order valence-electron chi connectivity index (χ3n) is 5.31. The van der Waals surface area contributed by atoms with Crippen molar-refractivity contribution in [2.75, 3.05) is 13.2 Å². The summed E-state index contributed by atoms with van der Waals surface area (Å²) in [5.74, 6) is 0.518. The van der Waals surface area contributed by atoms with Crippen molar-refractivity contribution in [3.63, 3.8) is 0 Å². The normalized spacial score (nSPS) is 26.9. The van der Waals surface area contributed by atoms with Crippen molar-refractivity contribution in [1.29, 1.82) is 0 Å². The van der Waals surface area contributed by atoms with E-state index in [1.54, 1.807) is 0 Å². The van der Waals surface area contributed by atoms with E-state index in [4.69, 9.17) is 14.2 Å². The van der Waals surface area contributed by atoms with Gasteiger partial charge in [-0.3, -0.25) is 0 Å². The molecule has 2 heterocycles. The standard InChI is InChI=1S/C22H32O3/c1-2-8-18(19-9-4-3-5-10-19)13-14-22-24-20-11-6-7-12-21(25-22)17-23-16-15-20/h3-5,9-10,18,20-21H,1-2,6-8,11-17H2. The lowest BCUT2D eigenvalue weighted by atomic mass is 9.90. The molecule has 3 unspecified atom stereocenters. The predicted molar refractivity (Wildman–Crippen MR) is 99.9 cm³/mol. The van der Waals surface area contributed by atoms with Gasteiger partial charge in [-0.2, -0.15) is 0 Å². The van der Waals surface area contributed by atoms with Gasteiger partial charge >= 0.3 is 0 Å². The molecule has 0 spiro atoms. The van der Waals surface area contributed by atoms with Crippen molar-refractivity contribution < 1.29 is 14.2 Å². The lowest BCUT2D eigenvalue weighted by Crippen LogP contribution is -2.23. The van der Waals surface area contributed by atoms with Gasteiger partial charge in [0.25, 0.3) is 0 Å². The molecule has 138 valence electrons. The van der Waals surface area contributed by atoms with Crippen molar-refractivity contribution in [3.05, 3.63) is 49.1 Å². The molecule has 0 amide bonds. The third-order valence-corrected chi connectivity index (χ3v) is 5.31. The maximum Gasteiger partial charge on any atom is 0.224 e. The first-order chi connectivity index (χ1) is 12.3. The van der Waals surface area contributed by atoms with E-state index < -0.39 is 0 Å². The lowest BCUT2D eigenvalue weighted by molar-refractivity contribution is -0.112. The van der Waals surface area contributed by atoms with Crippen LogP contribution in [0.2, 0.25) is 0 Å². The third kappa shape index (κ3) is 6.09. The molecule has 3 rings (SSSR count). The van der Waals surface area contributed by atoms with Crippen LogP contribution in [0.5, 0.6) is 0 Å². The summed E-state index contributed by atoms with van der Waals surface area (Å²) in [4.78, 5) is 0. The lowest BCUT2D eigenvalue weighted by Gasteiger charge is -2.25. The van der Waals surface area contributed by atoms with E-state index in [0.717, 1.165) is 57.8 Å². The molecule has 1 aromatic carbocycles. The van der Waals surface area contributed by atoms with Gasteiger partial charge in [0.05, 0.1) is 18.8 Å². The maximum absolute atomic E-state index is 6.29. The topological polar surface area (TPSA) is 27.7 Å². The van der Waals surface area contributed by atoms with E-state index in [0.29, 0.717) is 12.5 Å². The van der Waals surface area contributed by atoms with Crippen LogP contribution in [0, 0.1) is 13.2 Å². The van der Waals surface area contributed by atoms with Gasteiger partial charge in [0.1, 0.15) is 0 Å². The van der Waals surface area contributed by atoms with Gasteiger partial charge in [0.2, 0.25) is 6.29 Å². The molecule has 3 atom stereocenters. The molecular weight excluding hydrogens is 312 g/mol. The molecule has 3 heteroatoms. The second-order valence-corrected chi connectivity index (χ2v) is 7.29.